The van der Waals surface area contributed by atoms with Gasteiger partial charge in [-0.15, -0.1) is 0 Å². The zero-order chi connectivity index (χ0) is 23.3. The first-order valence-corrected chi connectivity index (χ1v) is 10.5. The number of carbonyl (C=O) groups is 2. The van der Waals surface area contributed by atoms with Crippen LogP contribution in [0.4, 0.5) is 11.4 Å². The summed E-state index contributed by atoms with van der Waals surface area (Å²) in [5.74, 6) is 0.818. The average molecular weight is 439 g/mol. The van der Waals surface area contributed by atoms with Crippen LogP contribution >= 0.6 is 0 Å². The second-order valence-corrected chi connectivity index (χ2v) is 8.15. The van der Waals surface area contributed by atoms with Gasteiger partial charge >= 0.3 is 0 Å². The Morgan fingerprint density at radius 2 is 1.75 bits per heavy atom. The van der Waals surface area contributed by atoms with Crippen molar-refractivity contribution in [3.05, 3.63) is 53.6 Å². The zero-order valence-electron chi connectivity index (χ0n) is 19.2. The molecule has 2 N–H and O–H groups in total. The minimum absolute atomic E-state index is 0.0298. The maximum Gasteiger partial charge on any atom is 0.246 e. The smallest absolute Gasteiger partial charge is 0.246 e. The molecule has 0 saturated carbocycles. The van der Waals surface area contributed by atoms with E-state index in [1.807, 2.05) is 18.5 Å². The number of aromatic nitrogens is 4. The topological polar surface area (TPSA) is 103 Å². The van der Waals surface area contributed by atoms with Gasteiger partial charge < -0.3 is 15.4 Å². The van der Waals surface area contributed by atoms with E-state index in [1.54, 1.807) is 37.6 Å². The Morgan fingerprint density at radius 1 is 1.06 bits per heavy atom. The van der Waals surface area contributed by atoms with Crippen molar-refractivity contribution in [3.8, 4) is 5.75 Å². The molecule has 0 aliphatic heterocycles. The van der Waals surface area contributed by atoms with Gasteiger partial charge in [0.05, 0.1) is 31.1 Å². The van der Waals surface area contributed by atoms with Gasteiger partial charge in [-0.05, 0) is 44.0 Å². The minimum atomic E-state index is -0.222. The van der Waals surface area contributed by atoms with Crippen LogP contribution in [0.3, 0.4) is 0 Å². The van der Waals surface area contributed by atoms with Crippen LogP contribution in [0, 0.1) is 19.8 Å². The van der Waals surface area contributed by atoms with Gasteiger partial charge in [-0.25, -0.2) is 0 Å². The number of nitrogens with one attached hydrogen (secondary N) is 2. The molecule has 2 amide bonds. The first-order valence-electron chi connectivity index (χ1n) is 10.5. The maximum absolute atomic E-state index is 12.6. The third-order valence-electron chi connectivity index (χ3n) is 5.00. The lowest BCUT2D eigenvalue weighted by atomic mass is 10.1. The Bertz CT molecular complexity index is 1080. The van der Waals surface area contributed by atoms with E-state index in [9.17, 15) is 9.59 Å². The summed E-state index contributed by atoms with van der Waals surface area (Å²) in [6.07, 6.45) is 3.40. The van der Waals surface area contributed by atoms with E-state index in [2.05, 4.69) is 34.7 Å². The van der Waals surface area contributed by atoms with Crippen molar-refractivity contribution in [3.63, 3.8) is 0 Å². The SMILES string of the molecule is COc1ccc(NC(=O)Cn2cc(NC(=O)Cc3c(C)nn(CC(C)C)c3C)cn2)cc1. The molecule has 0 fully saturated rings. The van der Waals surface area contributed by atoms with Crippen LogP contribution in [-0.2, 0) is 29.1 Å². The van der Waals surface area contributed by atoms with E-state index >= 15 is 0 Å². The summed E-state index contributed by atoms with van der Waals surface area (Å²) in [7, 11) is 1.59. The third kappa shape index (κ3) is 5.96. The van der Waals surface area contributed by atoms with E-state index in [-0.39, 0.29) is 24.8 Å². The number of aryl methyl sites for hydroxylation is 1. The maximum atomic E-state index is 12.6. The summed E-state index contributed by atoms with van der Waals surface area (Å²) in [5.41, 5.74) is 4.02. The molecular weight excluding hydrogens is 408 g/mol. The monoisotopic (exact) mass is 438 g/mol. The molecule has 0 bridgehead atoms. The second-order valence-electron chi connectivity index (χ2n) is 8.15. The normalized spacial score (nSPS) is 10.9. The molecule has 3 aromatic rings. The van der Waals surface area contributed by atoms with E-state index < -0.39 is 0 Å². The summed E-state index contributed by atoms with van der Waals surface area (Å²) in [6, 6.07) is 7.07. The van der Waals surface area contributed by atoms with E-state index in [4.69, 9.17) is 4.74 Å². The number of ether oxygens (including phenoxy) is 1. The molecule has 170 valence electrons. The van der Waals surface area contributed by atoms with Gasteiger partial charge in [0.15, 0.2) is 0 Å². The fourth-order valence-electron chi connectivity index (χ4n) is 3.42. The molecule has 0 saturated heterocycles. The van der Waals surface area contributed by atoms with Crippen molar-refractivity contribution < 1.29 is 14.3 Å². The largest absolute Gasteiger partial charge is 0.497 e. The molecule has 2 heterocycles. The summed E-state index contributed by atoms with van der Waals surface area (Å²) in [5, 5.41) is 14.4. The quantitative estimate of drug-likeness (QED) is 0.534. The Hall–Kier alpha value is -3.62. The van der Waals surface area contributed by atoms with Crippen LogP contribution in [0.5, 0.6) is 5.75 Å². The standard InChI is InChI=1S/C23H30N6O3/c1-15(2)12-29-17(4)21(16(3)27-29)10-22(30)26-19-11-24-28(13-19)14-23(31)25-18-6-8-20(32-5)9-7-18/h6-9,11,13,15H,10,12,14H2,1-5H3,(H,25,31)(H,26,30). The fourth-order valence-corrected chi connectivity index (χ4v) is 3.42. The average Bonchev–Trinajstić information content (AvgIpc) is 3.27. The van der Waals surface area contributed by atoms with Crippen LogP contribution in [0.1, 0.15) is 30.8 Å². The van der Waals surface area contributed by atoms with Crippen LogP contribution in [0.15, 0.2) is 36.7 Å². The Kier molecular flexibility index (Phi) is 7.29. The predicted octanol–water partition coefficient (Wildman–Crippen LogP) is 3.18. The highest BCUT2D eigenvalue weighted by Gasteiger charge is 2.16. The lowest BCUT2D eigenvalue weighted by Crippen LogP contribution is -2.19. The van der Waals surface area contributed by atoms with Gasteiger partial charge in [0.25, 0.3) is 0 Å². The van der Waals surface area contributed by atoms with Crippen LogP contribution in [-0.4, -0.2) is 38.5 Å². The molecule has 32 heavy (non-hydrogen) atoms. The summed E-state index contributed by atoms with van der Waals surface area (Å²) in [6.45, 7) is 9.04. The van der Waals surface area contributed by atoms with Gasteiger partial charge in [0.1, 0.15) is 12.3 Å². The summed E-state index contributed by atoms with van der Waals surface area (Å²) < 4.78 is 8.54. The highest BCUT2D eigenvalue weighted by Crippen LogP contribution is 2.17. The molecule has 9 nitrogen and oxygen atoms in total. The van der Waals surface area contributed by atoms with Gasteiger partial charge in [0, 0.05) is 29.7 Å². The van der Waals surface area contributed by atoms with Crippen molar-refractivity contribution in [1.29, 1.82) is 0 Å². The number of methoxy groups -OCH3 is 1. The van der Waals surface area contributed by atoms with Crippen LogP contribution in [0.25, 0.3) is 0 Å². The van der Waals surface area contributed by atoms with Gasteiger partial charge in [0.2, 0.25) is 11.8 Å². The Balaban J connectivity index is 1.55. The first-order chi connectivity index (χ1) is 15.2. The van der Waals surface area contributed by atoms with Gasteiger partial charge in [-0.2, -0.15) is 10.2 Å². The number of rotatable bonds is 9. The van der Waals surface area contributed by atoms with Crippen LogP contribution in [0.2, 0.25) is 0 Å². The molecule has 0 atom stereocenters. The predicted molar refractivity (Wildman–Crippen MR) is 123 cm³/mol. The van der Waals surface area contributed by atoms with E-state index in [0.717, 1.165) is 23.5 Å². The Labute approximate surface area is 187 Å². The molecule has 1 aromatic carbocycles. The third-order valence-corrected chi connectivity index (χ3v) is 5.00. The summed E-state index contributed by atoms with van der Waals surface area (Å²) in [4.78, 5) is 24.8. The van der Waals surface area contributed by atoms with Gasteiger partial charge in [-0.3, -0.25) is 19.0 Å². The van der Waals surface area contributed by atoms with Crippen molar-refractivity contribution >= 4 is 23.2 Å². The fraction of sp³-hybridized carbons (Fsp3) is 0.391. The molecule has 9 heteroatoms. The second kappa shape index (κ2) is 10.1. The number of hydrogen-bond acceptors (Lipinski definition) is 5. The number of amides is 2. The number of anilines is 2. The molecule has 0 spiro atoms. The molecule has 2 aromatic heterocycles. The Morgan fingerprint density at radius 3 is 2.41 bits per heavy atom. The lowest BCUT2D eigenvalue weighted by molar-refractivity contribution is -0.117. The molecular formula is C23H30N6O3. The van der Waals surface area contributed by atoms with Crippen molar-refractivity contribution in [2.24, 2.45) is 5.92 Å². The highest BCUT2D eigenvalue weighted by molar-refractivity contribution is 5.92. The van der Waals surface area contributed by atoms with Gasteiger partial charge in [-0.1, -0.05) is 13.8 Å². The van der Waals surface area contributed by atoms with Crippen molar-refractivity contribution in [1.82, 2.24) is 19.6 Å². The zero-order valence-corrected chi connectivity index (χ0v) is 19.2. The van der Waals surface area contributed by atoms with Crippen molar-refractivity contribution in [2.75, 3.05) is 17.7 Å². The van der Waals surface area contributed by atoms with Crippen LogP contribution < -0.4 is 15.4 Å². The number of hydrogen-bond donors (Lipinski definition) is 2. The first kappa shape index (κ1) is 23.1. The molecule has 0 aliphatic carbocycles. The van der Waals surface area contributed by atoms with E-state index in [0.29, 0.717) is 23.0 Å². The number of nitrogens with zero attached hydrogens (tertiary/aromatic N) is 4. The highest BCUT2D eigenvalue weighted by atomic mass is 16.5. The minimum Gasteiger partial charge on any atom is -0.497 e. The molecule has 0 aliphatic rings. The lowest BCUT2D eigenvalue weighted by Gasteiger charge is -2.08. The molecule has 0 radical (unpaired) electrons. The summed E-state index contributed by atoms with van der Waals surface area (Å²) >= 11 is 0. The van der Waals surface area contributed by atoms with E-state index in [1.165, 1.54) is 10.9 Å². The number of carbonyl (C=O) groups excluding carboxylic acids is 2. The number of benzene rings is 1. The molecule has 0 unspecified atom stereocenters. The molecule has 3 rings (SSSR count). The van der Waals surface area contributed by atoms with Crippen molar-refractivity contribution in [2.45, 2.75) is 47.2 Å².